The summed E-state index contributed by atoms with van der Waals surface area (Å²) >= 11 is 8.36. The van der Waals surface area contributed by atoms with Gasteiger partial charge in [-0.3, -0.25) is 0 Å². The van der Waals surface area contributed by atoms with Crippen LogP contribution in [0.5, 0.6) is 0 Å². The summed E-state index contributed by atoms with van der Waals surface area (Å²) in [5.74, 6) is 0. The first-order valence-electron chi connectivity index (χ1n) is 2.66. The Morgan fingerprint density at radius 3 is 2.56 bits per heavy atom. The molecule has 0 fully saturated rings. The minimum absolute atomic E-state index is 0.204. The second-order valence-corrected chi connectivity index (χ2v) is 2.99. The van der Waals surface area contributed by atoms with Crippen molar-refractivity contribution in [2.75, 3.05) is 0 Å². The van der Waals surface area contributed by atoms with Gasteiger partial charge in [0.05, 0.1) is 0 Å². The van der Waals surface area contributed by atoms with Crippen LogP contribution in [0.25, 0.3) is 0 Å². The molecule has 0 saturated heterocycles. The van der Waals surface area contributed by atoms with E-state index in [1.807, 2.05) is 18.2 Å². The summed E-state index contributed by atoms with van der Waals surface area (Å²) in [5, 5.41) is 0.204. The van der Waals surface area contributed by atoms with Crippen molar-refractivity contribution >= 4 is 25.3 Å². The lowest BCUT2D eigenvalue weighted by Crippen LogP contribution is -1.93. The van der Waals surface area contributed by atoms with E-state index in [1.54, 1.807) is 0 Å². The van der Waals surface area contributed by atoms with Gasteiger partial charge in [-0.15, -0.1) is 12.6 Å². The van der Waals surface area contributed by atoms with Crippen molar-refractivity contribution in [3.05, 3.63) is 35.3 Å². The molecule has 0 amide bonds. The van der Waals surface area contributed by atoms with Crippen molar-refractivity contribution in [1.29, 1.82) is 0 Å². The Labute approximate surface area is 66.2 Å². The van der Waals surface area contributed by atoms with E-state index in [0.29, 0.717) is 0 Å². The fraction of sp³-hybridized carbons (Fsp3) is 0.143. The molecule has 48 valence electrons. The maximum atomic E-state index is 4.26. The molecule has 0 aliphatic heterocycles. The van der Waals surface area contributed by atoms with Crippen molar-refractivity contribution < 1.29 is 0 Å². The van der Waals surface area contributed by atoms with E-state index >= 15 is 0 Å². The molecule has 1 aliphatic carbocycles. The number of allylic oxidation sites excluding steroid dienone is 3. The second kappa shape index (κ2) is 2.67. The molecule has 9 heavy (non-hydrogen) atoms. The van der Waals surface area contributed by atoms with E-state index in [9.17, 15) is 0 Å². The highest BCUT2D eigenvalue weighted by atomic mass is 32.1. The van der Waals surface area contributed by atoms with Crippen LogP contribution in [0.1, 0.15) is 0 Å². The minimum atomic E-state index is 0.204. The van der Waals surface area contributed by atoms with Gasteiger partial charge in [0.25, 0.3) is 0 Å². The van der Waals surface area contributed by atoms with Gasteiger partial charge in [-0.25, -0.2) is 0 Å². The highest BCUT2D eigenvalue weighted by Crippen LogP contribution is 2.24. The van der Waals surface area contributed by atoms with Crippen LogP contribution in [0, 0.1) is 0 Å². The lowest BCUT2D eigenvalue weighted by atomic mass is 10.2. The van der Waals surface area contributed by atoms with Crippen LogP contribution in [0.15, 0.2) is 35.3 Å². The molecule has 0 aromatic heterocycles. The quantitative estimate of drug-likeness (QED) is 0.534. The molecule has 0 aromatic rings. The smallest absolute Gasteiger partial charge is 0.0460 e. The van der Waals surface area contributed by atoms with Gasteiger partial charge in [0, 0.05) is 10.2 Å². The number of thiol groups is 2. The van der Waals surface area contributed by atoms with Gasteiger partial charge in [-0.2, -0.15) is 12.6 Å². The highest BCUT2D eigenvalue weighted by Gasteiger charge is 2.09. The summed E-state index contributed by atoms with van der Waals surface area (Å²) in [5.41, 5.74) is 1.10. The van der Waals surface area contributed by atoms with E-state index in [2.05, 4.69) is 31.8 Å². The van der Waals surface area contributed by atoms with Crippen molar-refractivity contribution in [3.63, 3.8) is 0 Å². The van der Waals surface area contributed by atoms with Crippen LogP contribution in [-0.4, -0.2) is 5.25 Å². The Kier molecular flexibility index (Phi) is 2.09. The molecular weight excluding hydrogens is 148 g/mol. The monoisotopic (exact) mass is 156 g/mol. The van der Waals surface area contributed by atoms with Gasteiger partial charge in [0.2, 0.25) is 0 Å². The summed E-state index contributed by atoms with van der Waals surface area (Å²) in [6, 6.07) is 0. The molecular formula is C7H8S2. The largest absolute Gasteiger partial charge is 0.167 e. The zero-order chi connectivity index (χ0) is 6.85. The average molecular weight is 156 g/mol. The molecule has 0 aromatic carbocycles. The normalized spacial score (nSPS) is 24.2. The first-order valence-corrected chi connectivity index (χ1v) is 3.63. The van der Waals surface area contributed by atoms with Crippen LogP contribution >= 0.6 is 25.3 Å². The van der Waals surface area contributed by atoms with Crippen molar-refractivity contribution in [2.24, 2.45) is 0 Å². The van der Waals surface area contributed by atoms with E-state index in [0.717, 1.165) is 10.5 Å². The predicted molar refractivity (Wildman–Crippen MR) is 48.1 cm³/mol. The Hall–Kier alpha value is -0.0800. The SMILES string of the molecule is C=C(S)C1=CC=CC1S. The Morgan fingerprint density at radius 2 is 2.33 bits per heavy atom. The maximum Gasteiger partial charge on any atom is 0.0460 e. The van der Waals surface area contributed by atoms with Crippen LogP contribution in [0.2, 0.25) is 0 Å². The molecule has 0 spiro atoms. The lowest BCUT2D eigenvalue weighted by Gasteiger charge is -2.03. The van der Waals surface area contributed by atoms with Gasteiger partial charge in [0.1, 0.15) is 0 Å². The van der Waals surface area contributed by atoms with Crippen molar-refractivity contribution in [1.82, 2.24) is 0 Å². The van der Waals surface area contributed by atoms with E-state index in [-0.39, 0.29) is 5.25 Å². The van der Waals surface area contributed by atoms with E-state index in [4.69, 9.17) is 0 Å². The molecule has 0 radical (unpaired) electrons. The highest BCUT2D eigenvalue weighted by molar-refractivity contribution is 7.85. The Bertz CT molecular complexity index is 189. The molecule has 1 unspecified atom stereocenters. The Morgan fingerprint density at radius 1 is 1.67 bits per heavy atom. The standard InChI is InChI=1S/C7H8S2/c1-5(8)6-3-2-4-7(6)9/h2-4,7-9H,1H2. The fourth-order valence-corrected chi connectivity index (χ4v) is 1.39. The number of rotatable bonds is 1. The van der Waals surface area contributed by atoms with Gasteiger partial charge in [-0.05, 0) is 5.57 Å². The maximum absolute atomic E-state index is 4.26. The van der Waals surface area contributed by atoms with Crippen molar-refractivity contribution in [2.45, 2.75) is 5.25 Å². The van der Waals surface area contributed by atoms with Crippen LogP contribution in [-0.2, 0) is 0 Å². The summed E-state index contributed by atoms with van der Waals surface area (Å²) in [6.07, 6.45) is 5.95. The zero-order valence-electron chi connectivity index (χ0n) is 4.91. The van der Waals surface area contributed by atoms with Crippen LogP contribution in [0.3, 0.4) is 0 Å². The third-order valence-corrected chi connectivity index (χ3v) is 1.93. The Balaban J connectivity index is 2.76. The van der Waals surface area contributed by atoms with Gasteiger partial charge in [0.15, 0.2) is 0 Å². The van der Waals surface area contributed by atoms with E-state index < -0.39 is 0 Å². The molecule has 1 atom stereocenters. The van der Waals surface area contributed by atoms with Crippen molar-refractivity contribution in [3.8, 4) is 0 Å². The molecule has 0 N–H and O–H groups in total. The second-order valence-electron chi connectivity index (χ2n) is 1.90. The fourth-order valence-electron chi connectivity index (χ4n) is 0.734. The molecule has 0 nitrogen and oxygen atoms in total. The van der Waals surface area contributed by atoms with Gasteiger partial charge < -0.3 is 0 Å². The number of hydrogen-bond acceptors (Lipinski definition) is 2. The first-order chi connectivity index (χ1) is 4.22. The zero-order valence-corrected chi connectivity index (χ0v) is 6.70. The van der Waals surface area contributed by atoms with Crippen LogP contribution < -0.4 is 0 Å². The van der Waals surface area contributed by atoms with E-state index in [1.165, 1.54) is 0 Å². The third kappa shape index (κ3) is 1.43. The molecule has 1 rings (SSSR count). The predicted octanol–water partition coefficient (Wildman–Crippen LogP) is 2.22. The summed E-state index contributed by atoms with van der Waals surface area (Å²) in [6.45, 7) is 3.69. The molecule has 0 heterocycles. The lowest BCUT2D eigenvalue weighted by molar-refractivity contribution is 1.36. The number of hydrogen-bond donors (Lipinski definition) is 2. The average Bonchev–Trinajstić information content (AvgIpc) is 2.13. The van der Waals surface area contributed by atoms with Crippen LogP contribution in [0.4, 0.5) is 0 Å². The van der Waals surface area contributed by atoms with Gasteiger partial charge in [-0.1, -0.05) is 24.8 Å². The summed E-state index contributed by atoms with van der Waals surface area (Å²) in [4.78, 5) is 0.806. The molecule has 1 aliphatic rings. The first kappa shape index (κ1) is 7.03. The van der Waals surface area contributed by atoms with Gasteiger partial charge >= 0.3 is 0 Å². The molecule has 2 heteroatoms. The minimum Gasteiger partial charge on any atom is -0.167 e. The molecule has 0 saturated carbocycles. The summed E-state index contributed by atoms with van der Waals surface area (Å²) < 4.78 is 0. The summed E-state index contributed by atoms with van der Waals surface area (Å²) in [7, 11) is 0. The third-order valence-electron chi connectivity index (χ3n) is 1.22. The molecule has 0 bridgehead atoms. The topological polar surface area (TPSA) is 0 Å².